The SMILES string of the molecule is CCCCCCCCCC(C)COC. The van der Waals surface area contributed by atoms with Crippen LogP contribution in [0.1, 0.15) is 65.2 Å². The number of ether oxygens (including phenoxy) is 1. The zero-order valence-corrected chi connectivity index (χ0v) is 10.3. The average molecular weight is 200 g/mol. The first-order valence-electron chi connectivity index (χ1n) is 6.30. The highest BCUT2D eigenvalue weighted by atomic mass is 16.5. The Balaban J connectivity index is 2.98. The fraction of sp³-hybridized carbons (Fsp3) is 1.00. The monoisotopic (exact) mass is 200 g/mol. The molecule has 0 bridgehead atoms. The average Bonchev–Trinajstić information content (AvgIpc) is 2.17. The quantitative estimate of drug-likeness (QED) is 0.475. The summed E-state index contributed by atoms with van der Waals surface area (Å²) in [6, 6.07) is 0. The summed E-state index contributed by atoms with van der Waals surface area (Å²) in [5.41, 5.74) is 0. The van der Waals surface area contributed by atoms with Gasteiger partial charge in [0.2, 0.25) is 0 Å². The van der Waals surface area contributed by atoms with Gasteiger partial charge < -0.3 is 4.74 Å². The van der Waals surface area contributed by atoms with Gasteiger partial charge in [-0.2, -0.15) is 0 Å². The second-order valence-electron chi connectivity index (χ2n) is 4.47. The summed E-state index contributed by atoms with van der Waals surface area (Å²) in [6.07, 6.45) is 11.2. The Kier molecular flexibility index (Phi) is 11.0. The summed E-state index contributed by atoms with van der Waals surface area (Å²) >= 11 is 0. The predicted octanol–water partition coefficient (Wildman–Crippen LogP) is 4.41. The first-order chi connectivity index (χ1) is 6.81. The highest BCUT2D eigenvalue weighted by molar-refractivity contribution is 4.52. The molecule has 0 rings (SSSR count). The maximum Gasteiger partial charge on any atom is 0.0487 e. The number of hydrogen-bond donors (Lipinski definition) is 0. The molecule has 1 nitrogen and oxygen atoms in total. The fourth-order valence-electron chi connectivity index (χ4n) is 1.82. The molecular weight excluding hydrogens is 172 g/mol. The second-order valence-corrected chi connectivity index (χ2v) is 4.47. The zero-order valence-electron chi connectivity index (χ0n) is 10.3. The number of unbranched alkanes of at least 4 members (excludes halogenated alkanes) is 6. The topological polar surface area (TPSA) is 9.23 Å². The molecule has 0 amide bonds. The molecule has 0 aliphatic rings. The van der Waals surface area contributed by atoms with E-state index in [0.29, 0.717) is 0 Å². The van der Waals surface area contributed by atoms with Gasteiger partial charge in [0.15, 0.2) is 0 Å². The van der Waals surface area contributed by atoms with E-state index < -0.39 is 0 Å². The number of methoxy groups -OCH3 is 1. The van der Waals surface area contributed by atoms with Crippen molar-refractivity contribution in [1.82, 2.24) is 0 Å². The van der Waals surface area contributed by atoms with Gasteiger partial charge in [-0.05, 0) is 12.3 Å². The minimum atomic E-state index is 0.746. The van der Waals surface area contributed by atoms with Crippen molar-refractivity contribution in [3.05, 3.63) is 0 Å². The van der Waals surface area contributed by atoms with E-state index in [0.717, 1.165) is 12.5 Å². The molecule has 86 valence electrons. The van der Waals surface area contributed by atoms with Crippen LogP contribution >= 0.6 is 0 Å². The van der Waals surface area contributed by atoms with E-state index in [-0.39, 0.29) is 0 Å². The maximum absolute atomic E-state index is 5.11. The summed E-state index contributed by atoms with van der Waals surface area (Å²) in [5.74, 6) is 0.746. The molecule has 0 spiro atoms. The Hall–Kier alpha value is -0.0400. The second kappa shape index (κ2) is 11.0. The Labute approximate surface area is 90.2 Å². The van der Waals surface area contributed by atoms with Gasteiger partial charge in [0.05, 0.1) is 0 Å². The van der Waals surface area contributed by atoms with Gasteiger partial charge >= 0.3 is 0 Å². The zero-order chi connectivity index (χ0) is 10.6. The lowest BCUT2D eigenvalue weighted by Crippen LogP contribution is -2.02. The van der Waals surface area contributed by atoms with Crippen LogP contribution in [0.4, 0.5) is 0 Å². The van der Waals surface area contributed by atoms with E-state index in [1.165, 1.54) is 51.4 Å². The summed E-state index contributed by atoms with van der Waals surface area (Å²) in [6.45, 7) is 5.48. The standard InChI is InChI=1S/C13H28O/c1-4-5-6-7-8-9-10-11-13(2)12-14-3/h13H,4-12H2,1-3H3. The van der Waals surface area contributed by atoms with Gasteiger partial charge in [-0.1, -0.05) is 58.8 Å². The smallest absolute Gasteiger partial charge is 0.0487 e. The largest absolute Gasteiger partial charge is 0.384 e. The van der Waals surface area contributed by atoms with Crippen LogP contribution in [0, 0.1) is 5.92 Å². The van der Waals surface area contributed by atoms with Gasteiger partial charge in [-0.25, -0.2) is 0 Å². The van der Waals surface area contributed by atoms with Crippen molar-refractivity contribution < 1.29 is 4.74 Å². The lowest BCUT2D eigenvalue weighted by Gasteiger charge is -2.09. The first kappa shape index (κ1) is 14.0. The van der Waals surface area contributed by atoms with Gasteiger partial charge in [-0.3, -0.25) is 0 Å². The van der Waals surface area contributed by atoms with Crippen LogP contribution in [0.5, 0.6) is 0 Å². The summed E-state index contributed by atoms with van der Waals surface area (Å²) in [7, 11) is 1.79. The highest BCUT2D eigenvalue weighted by Gasteiger charge is 2.00. The first-order valence-corrected chi connectivity index (χ1v) is 6.30. The van der Waals surface area contributed by atoms with Crippen LogP contribution in [0.2, 0.25) is 0 Å². The molecule has 1 atom stereocenters. The predicted molar refractivity (Wildman–Crippen MR) is 63.7 cm³/mol. The van der Waals surface area contributed by atoms with Gasteiger partial charge in [0.25, 0.3) is 0 Å². The van der Waals surface area contributed by atoms with E-state index in [9.17, 15) is 0 Å². The molecule has 0 aliphatic carbocycles. The minimum absolute atomic E-state index is 0.746. The maximum atomic E-state index is 5.11. The molecule has 1 unspecified atom stereocenters. The summed E-state index contributed by atoms with van der Waals surface area (Å²) in [4.78, 5) is 0. The van der Waals surface area contributed by atoms with Crippen LogP contribution in [0.25, 0.3) is 0 Å². The van der Waals surface area contributed by atoms with Crippen molar-refractivity contribution in [2.45, 2.75) is 65.2 Å². The minimum Gasteiger partial charge on any atom is -0.384 e. The molecule has 0 aromatic carbocycles. The van der Waals surface area contributed by atoms with Crippen molar-refractivity contribution >= 4 is 0 Å². The van der Waals surface area contributed by atoms with Crippen LogP contribution in [0.15, 0.2) is 0 Å². The Morgan fingerprint density at radius 3 is 2.07 bits per heavy atom. The van der Waals surface area contributed by atoms with Crippen LogP contribution in [-0.2, 0) is 4.74 Å². The van der Waals surface area contributed by atoms with E-state index >= 15 is 0 Å². The summed E-state index contributed by atoms with van der Waals surface area (Å²) < 4.78 is 5.11. The number of rotatable bonds is 10. The molecule has 0 heterocycles. The Bertz CT molecular complexity index is 101. The molecule has 0 fully saturated rings. The van der Waals surface area contributed by atoms with E-state index in [1.54, 1.807) is 7.11 Å². The molecule has 0 aromatic rings. The number of hydrogen-bond acceptors (Lipinski definition) is 1. The lowest BCUT2D eigenvalue weighted by molar-refractivity contribution is 0.154. The normalized spacial score (nSPS) is 13.1. The van der Waals surface area contributed by atoms with Crippen molar-refractivity contribution in [2.24, 2.45) is 5.92 Å². The molecule has 0 N–H and O–H groups in total. The van der Waals surface area contributed by atoms with Gasteiger partial charge in [0, 0.05) is 13.7 Å². The third-order valence-electron chi connectivity index (χ3n) is 2.75. The van der Waals surface area contributed by atoms with Crippen LogP contribution < -0.4 is 0 Å². The Morgan fingerprint density at radius 1 is 0.929 bits per heavy atom. The highest BCUT2D eigenvalue weighted by Crippen LogP contribution is 2.12. The van der Waals surface area contributed by atoms with Crippen molar-refractivity contribution in [3.8, 4) is 0 Å². The molecule has 1 heteroatoms. The molecule has 0 saturated heterocycles. The van der Waals surface area contributed by atoms with E-state index in [2.05, 4.69) is 13.8 Å². The molecule has 0 saturated carbocycles. The van der Waals surface area contributed by atoms with Crippen LogP contribution in [0.3, 0.4) is 0 Å². The van der Waals surface area contributed by atoms with Crippen molar-refractivity contribution in [2.75, 3.05) is 13.7 Å². The molecule has 0 aliphatic heterocycles. The Morgan fingerprint density at radius 2 is 1.50 bits per heavy atom. The third kappa shape index (κ3) is 10.0. The lowest BCUT2D eigenvalue weighted by atomic mass is 10.0. The summed E-state index contributed by atoms with van der Waals surface area (Å²) in [5, 5.41) is 0. The van der Waals surface area contributed by atoms with E-state index in [1.807, 2.05) is 0 Å². The van der Waals surface area contributed by atoms with Gasteiger partial charge in [0.1, 0.15) is 0 Å². The molecule has 0 radical (unpaired) electrons. The van der Waals surface area contributed by atoms with Crippen molar-refractivity contribution in [1.29, 1.82) is 0 Å². The third-order valence-corrected chi connectivity index (χ3v) is 2.75. The van der Waals surface area contributed by atoms with Crippen molar-refractivity contribution in [3.63, 3.8) is 0 Å². The van der Waals surface area contributed by atoms with Gasteiger partial charge in [-0.15, -0.1) is 0 Å². The van der Waals surface area contributed by atoms with Crippen LogP contribution in [-0.4, -0.2) is 13.7 Å². The molecular formula is C13H28O. The molecule has 14 heavy (non-hydrogen) atoms. The molecule has 0 aromatic heterocycles. The van der Waals surface area contributed by atoms with E-state index in [4.69, 9.17) is 4.74 Å². The fourth-order valence-corrected chi connectivity index (χ4v) is 1.82.